The van der Waals surface area contributed by atoms with Crippen molar-refractivity contribution in [3.63, 3.8) is 0 Å². The molecule has 0 saturated heterocycles. The number of benzene rings is 3. The minimum Gasteiger partial charge on any atom is -0.309 e. The van der Waals surface area contributed by atoms with Crippen molar-refractivity contribution in [3.05, 3.63) is 101 Å². The van der Waals surface area contributed by atoms with Gasteiger partial charge in [0, 0.05) is 26.4 Å². The van der Waals surface area contributed by atoms with Crippen molar-refractivity contribution in [2.75, 3.05) is 0 Å². The number of allylic oxidation sites excluding steroid dienone is 6. The second-order valence-corrected chi connectivity index (χ2v) is 9.63. The van der Waals surface area contributed by atoms with Crippen LogP contribution in [0.25, 0.3) is 38.6 Å². The fourth-order valence-corrected chi connectivity index (χ4v) is 5.68. The monoisotopic (exact) mass is 451 g/mol. The maximum absolute atomic E-state index is 3.70. The van der Waals surface area contributed by atoms with E-state index in [0.29, 0.717) is 0 Å². The molecule has 0 fully saturated rings. The second kappa shape index (κ2) is 6.33. The van der Waals surface area contributed by atoms with Crippen LogP contribution in [0.1, 0.15) is 31.4 Å². The molecule has 1 nitrogen and oxygen atoms in total. The third kappa shape index (κ3) is 2.34. The molecular formula is C28H22BrN. The van der Waals surface area contributed by atoms with Gasteiger partial charge in [0.1, 0.15) is 0 Å². The van der Waals surface area contributed by atoms with Crippen LogP contribution in [-0.4, -0.2) is 4.57 Å². The van der Waals surface area contributed by atoms with Gasteiger partial charge in [0.15, 0.2) is 0 Å². The van der Waals surface area contributed by atoms with Crippen molar-refractivity contribution in [1.82, 2.24) is 4.57 Å². The van der Waals surface area contributed by atoms with Gasteiger partial charge in [-0.2, -0.15) is 0 Å². The van der Waals surface area contributed by atoms with Gasteiger partial charge in [-0.1, -0.05) is 84.4 Å². The summed E-state index contributed by atoms with van der Waals surface area (Å²) in [5.74, 6) is 0. The highest BCUT2D eigenvalue weighted by Gasteiger charge is 2.38. The highest BCUT2D eigenvalue weighted by atomic mass is 79.9. The van der Waals surface area contributed by atoms with Gasteiger partial charge in [-0.25, -0.2) is 0 Å². The first-order valence-electron chi connectivity index (χ1n) is 10.5. The standard InChI is InChI=1S/C28H22BrN/c1-28(2)24-12-8-7-11-20(24)21-14-15-22-23-17-18(29)13-16-25(23)30(27(22)26(21)28)19-9-5-3-4-6-10-19/h3,5-17H,4H2,1-2H3. The molecule has 2 aliphatic rings. The van der Waals surface area contributed by atoms with E-state index in [1.165, 1.54) is 49.8 Å². The smallest absolute Gasteiger partial charge is 0.0588 e. The highest BCUT2D eigenvalue weighted by molar-refractivity contribution is 9.10. The van der Waals surface area contributed by atoms with Crippen LogP contribution in [0.3, 0.4) is 0 Å². The maximum Gasteiger partial charge on any atom is 0.0588 e. The average Bonchev–Trinajstić information content (AvgIpc) is 3.01. The lowest BCUT2D eigenvalue weighted by Gasteiger charge is -2.23. The SMILES string of the molecule is CC1(C)c2ccccc2-c2ccc3c4cc(Br)ccc4n(C4=CC=CCC=C4)c3c21. The van der Waals surface area contributed by atoms with Crippen molar-refractivity contribution in [2.45, 2.75) is 25.7 Å². The Kier molecular flexibility index (Phi) is 3.79. The Morgan fingerprint density at radius 1 is 0.900 bits per heavy atom. The molecule has 30 heavy (non-hydrogen) atoms. The summed E-state index contributed by atoms with van der Waals surface area (Å²) in [6.45, 7) is 4.73. The van der Waals surface area contributed by atoms with Crippen LogP contribution in [0.2, 0.25) is 0 Å². The van der Waals surface area contributed by atoms with E-state index in [9.17, 15) is 0 Å². The van der Waals surface area contributed by atoms with E-state index in [4.69, 9.17) is 0 Å². The number of nitrogens with zero attached hydrogens (tertiary/aromatic N) is 1. The summed E-state index contributed by atoms with van der Waals surface area (Å²) in [6.07, 6.45) is 12.1. The Labute approximate surface area is 185 Å². The van der Waals surface area contributed by atoms with Gasteiger partial charge in [0.25, 0.3) is 0 Å². The number of hydrogen-bond donors (Lipinski definition) is 0. The van der Waals surface area contributed by atoms with Crippen LogP contribution >= 0.6 is 15.9 Å². The zero-order valence-electron chi connectivity index (χ0n) is 17.1. The molecule has 2 heteroatoms. The molecule has 2 aliphatic carbocycles. The molecule has 0 spiro atoms. The number of aromatic nitrogens is 1. The van der Waals surface area contributed by atoms with Gasteiger partial charge in [0.05, 0.1) is 11.0 Å². The summed E-state index contributed by atoms with van der Waals surface area (Å²) < 4.78 is 3.58. The number of hydrogen-bond acceptors (Lipinski definition) is 0. The first kappa shape index (κ1) is 18.0. The Morgan fingerprint density at radius 2 is 1.77 bits per heavy atom. The van der Waals surface area contributed by atoms with E-state index in [-0.39, 0.29) is 5.41 Å². The summed E-state index contributed by atoms with van der Waals surface area (Å²) in [4.78, 5) is 0. The molecule has 0 unspecified atom stereocenters. The zero-order chi connectivity index (χ0) is 20.5. The molecule has 0 bridgehead atoms. The van der Waals surface area contributed by atoms with E-state index in [1.807, 2.05) is 0 Å². The van der Waals surface area contributed by atoms with E-state index >= 15 is 0 Å². The number of halogens is 1. The van der Waals surface area contributed by atoms with E-state index in [1.54, 1.807) is 0 Å². The van der Waals surface area contributed by atoms with Crippen LogP contribution in [0.5, 0.6) is 0 Å². The third-order valence-electron chi connectivity index (χ3n) is 6.63. The minimum absolute atomic E-state index is 0.0559. The third-order valence-corrected chi connectivity index (χ3v) is 7.12. The molecule has 1 heterocycles. The summed E-state index contributed by atoms with van der Waals surface area (Å²) in [6, 6.07) is 20.2. The van der Waals surface area contributed by atoms with Crippen molar-refractivity contribution in [3.8, 4) is 11.1 Å². The summed E-state index contributed by atoms with van der Waals surface area (Å²) >= 11 is 3.70. The first-order chi connectivity index (χ1) is 14.6. The average molecular weight is 452 g/mol. The van der Waals surface area contributed by atoms with Crippen molar-refractivity contribution in [1.29, 1.82) is 0 Å². The van der Waals surface area contributed by atoms with Crippen LogP contribution < -0.4 is 0 Å². The lowest BCUT2D eigenvalue weighted by Crippen LogP contribution is -2.16. The van der Waals surface area contributed by atoms with E-state index < -0.39 is 0 Å². The molecule has 0 aliphatic heterocycles. The zero-order valence-corrected chi connectivity index (χ0v) is 18.7. The van der Waals surface area contributed by atoms with Crippen LogP contribution in [0.15, 0.2) is 89.5 Å². The molecule has 0 saturated carbocycles. The van der Waals surface area contributed by atoms with Crippen molar-refractivity contribution >= 4 is 43.4 Å². The Morgan fingerprint density at radius 3 is 2.67 bits per heavy atom. The van der Waals surface area contributed by atoms with Gasteiger partial charge in [-0.15, -0.1) is 0 Å². The van der Waals surface area contributed by atoms with Crippen molar-refractivity contribution in [2.24, 2.45) is 0 Å². The molecule has 0 N–H and O–H groups in total. The molecule has 4 aromatic rings. The Bertz CT molecular complexity index is 1440. The molecule has 6 rings (SSSR count). The normalized spacial score (nSPS) is 16.6. The predicted octanol–water partition coefficient (Wildman–Crippen LogP) is 8.22. The highest BCUT2D eigenvalue weighted by Crippen LogP contribution is 2.53. The van der Waals surface area contributed by atoms with Crippen molar-refractivity contribution < 1.29 is 0 Å². The molecule has 1 aromatic heterocycles. The lowest BCUT2D eigenvalue weighted by atomic mass is 9.81. The molecule has 0 atom stereocenters. The van der Waals surface area contributed by atoms with Gasteiger partial charge in [-0.3, -0.25) is 0 Å². The molecular weight excluding hydrogens is 430 g/mol. The maximum atomic E-state index is 3.70. The van der Waals surface area contributed by atoms with Gasteiger partial charge >= 0.3 is 0 Å². The topological polar surface area (TPSA) is 4.93 Å². The molecule has 0 radical (unpaired) electrons. The van der Waals surface area contributed by atoms with Gasteiger partial charge < -0.3 is 4.57 Å². The van der Waals surface area contributed by atoms with Gasteiger partial charge in [0.2, 0.25) is 0 Å². The minimum atomic E-state index is -0.0559. The lowest BCUT2D eigenvalue weighted by molar-refractivity contribution is 0.664. The quantitative estimate of drug-likeness (QED) is 0.274. The molecule has 0 amide bonds. The summed E-state index contributed by atoms with van der Waals surface area (Å²) in [5, 5.41) is 2.60. The Balaban J connectivity index is 1.83. The second-order valence-electron chi connectivity index (χ2n) is 8.71. The fourth-order valence-electron chi connectivity index (χ4n) is 5.32. The van der Waals surface area contributed by atoms with E-state index in [0.717, 1.165) is 10.9 Å². The fraction of sp³-hybridized carbons (Fsp3) is 0.143. The largest absolute Gasteiger partial charge is 0.309 e. The van der Waals surface area contributed by atoms with Crippen LogP contribution in [0, 0.1) is 0 Å². The molecule has 3 aromatic carbocycles. The van der Waals surface area contributed by atoms with Crippen LogP contribution in [-0.2, 0) is 5.41 Å². The molecule has 146 valence electrons. The van der Waals surface area contributed by atoms with Gasteiger partial charge in [-0.05, 0) is 59.0 Å². The summed E-state index contributed by atoms with van der Waals surface area (Å²) in [7, 11) is 0. The number of fused-ring (bicyclic) bond motifs is 7. The first-order valence-corrected chi connectivity index (χ1v) is 11.3. The van der Waals surface area contributed by atoms with E-state index in [2.05, 4.69) is 119 Å². The number of rotatable bonds is 1. The summed E-state index contributed by atoms with van der Waals surface area (Å²) in [5.41, 5.74) is 9.30. The van der Waals surface area contributed by atoms with Crippen LogP contribution in [0.4, 0.5) is 0 Å². The predicted molar refractivity (Wildman–Crippen MR) is 132 cm³/mol. The Hall–Kier alpha value is -2.84.